The Labute approximate surface area is 68.3 Å². The molecule has 0 heterocycles. The van der Waals surface area contributed by atoms with Crippen molar-refractivity contribution < 1.29 is 0 Å². The molecule has 0 aliphatic heterocycles. The van der Waals surface area contributed by atoms with Gasteiger partial charge in [0.05, 0.1) is 0 Å². The molecule has 0 saturated carbocycles. The zero-order valence-corrected chi connectivity index (χ0v) is 6.53. The van der Waals surface area contributed by atoms with Crippen molar-refractivity contribution in [3.8, 4) is 0 Å². The highest BCUT2D eigenvalue weighted by molar-refractivity contribution is 5.22. The standard InChI is InChI=1S/C11H12/c1-2-6-10-8-4-5-9-11(10)7-3-1/h2,4-6,8-11H,1,3H2. The van der Waals surface area contributed by atoms with E-state index in [4.69, 9.17) is 0 Å². The summed E-state index contributed by atoms with van der Waals surface area (Å²) in [6.07, 6.45) is 19.0. The summed E-state index contributed by atoms with van der Waals surface area (Å²) >= 11 is 0. The molecule has 0 aromatic rings. The Hall–Kier alpha value is -0.780. The Kier molecular flexibility index (Phi) is 1.93. The molecule has 0 saturated heterocycles. The predicted molar refractivity (Wildman–Crippen MR) is 46.9 cm³/mol. The number of hydrogen-bond donors (Lipinski definition) is 0. The van der Waals surface area contributed by atoms with Crippen molar-refractivity contribution in [2.45, 2.75) is 12.8 Å². The van der Waals surface area contributed by atoms with Crippen LogP contribution in [0.4, 0.5) is 0 Å². The number of hydrogen-bond acceptors (Lipinski definition) is 0. The van der Waals surface area contributed by atoms with E-state index in [-0.39, 0.29) is 0 Å². The molecule has 0 N–H and O–H groups in total. The molecule has 56 valence electrons. The van der Waals surface area contributed by atoms with E-state index in [1.807, 2.05) is 0 Å². The van der Waals surface area contributed by atoms with Gasteiger partial charge in [-0.3, -0.25) is 0 Å². The van der Waals surface area contributed by atoms with Gasteiger partial charge in [-0.2, -0.15) is 0 Å². The van der Waals surface area contributed by atoms with Gasteiger partial charge in [-0.15, -0.1) is 0 Å². The summed E-state index contributed by atoms with van der Waals surface area (Å²) in [6.45, 7) is 0. The minimum absolute atomic E-state index is 0.541. The lowest BCUT2D eigenvalue weighted by Crippen LogP contribution is -2.09. The van der Waals surface area contributed by atoms with Crippen LogP contribution in [0.3, 0.4) is 0 Å². The molecule has 0 aromatic carbocycles. The van der Waals surface area contributed by atoms with Gasteiger partial charge in [0.2, 0.25) is 0 Å². The molecular formula is C11H12. The molecule has 2 aliphatic carbocycles. The van der Waals surface area contributed by atoms with Crippen molar-refractivity contribution >= 4 is 0 Å². The lowest BCUT2D eigenvalue weighted by atomic mass is 9.86. The highest BCUT2D eigenvalue weighted by Crippen LogP contribution is 2.27. The Morgan fingerprint density at radius 1 is 1.09 bits per heavy atom. The molecule has 2 radical (unpaired) electrons. The maximum atomic E-state index is 3.48. The maximum absolute atomic E-state index is 3.48. The van der Waals surface area contributed by atoms with E-state index in [9.17, 15) is 0 Å². The van der Waals surface area contributed by atoms with E-state index in [1.54, 1.807) is 0 Å². The Morgan fingerprint density at radius 2 is 2.00 bits per heavy atom. The van der Waals surface area contributed by atoms with Crippen molar-refractivity contribution in [1.29, 1.82) is 0 Å². The lowest BCUT2D eigenvalue weighted by molar-refractivity contribution is 0.614. The van der Waals surface area contributed by atoms with E-state index < -0.39 is 0 Å². The van der Waals surface area contributed by atoms with Crippen LogP contribution in [-0.2, 0) is 0 Å². The SMILES string of the molecule is [C]1CCC=CC2C=CC=CC12. The van der Waals surface area contributed by atoms with Gasteiger partial charge < -0.3 is 0 Å². The molecule has 2 aliphatic rings. The van der Waals surface area contributed by atoms with E-state index in [0.29, 0.717) is 11.8 Å². The molecule has 11 heavy (non-hydrogen) atoms. The van der Waals surface area contributed by atoms with Crippen LogP contribution in [-0.4, -0.2) is 0 Å². The quantitative estimate of drug-likeness (QED) is 0.458. The van der Waals surface area contributed by atoms with Crippen LogP contribution < -0.4 is 0 Å². The molecule has 0 fully saturated rings. The Morgan fingerprint density at radius 3 is 3.00 bits per heavy atom. The van der Waals surface area contributed by atoms with E-state index >= 15 is 0 Å². The predicted octanol–water partition coefficient (Wildman–Crippen LogP) is 2.78. The summed E-state index contributed by atoms with van der Waals surface area (Å²) in [4.78, 5) is 0. The first-order chi connectivity index (χ1) is 5.47. The van der Waals surface area contributed by atoms with E-state index in [2.05, 4.69) is 42.9 Å². The fourth-order valence-corrected chi connectivity index (χ4v) is 1.60. The summed E-state index contributed by atoms with van der Waals surface area (Å²) in [5, 5.41) is 0. The highest BCUT2D eigenvalue weighted by Gasteiger charge is 2.17. The normalized spacial score (nSPS) is 34.9. The van der Waals surface area contributed by atoms with Gasteiger partial charge in [-0.1, -0.05) is 36.5 Å². The summed E-state index contributed by atoms with van der Waals surface area (Å²) < 4.78 is 0. The second-order valence-electron chi connectivity index (χ2n) is 3.04. The van der Waals surface area contributed by atoms with Crippen LogP contribution in [0.5, 0.6) is 0 Å². The number of rotatable bonds is 0. The van der Waals surface area contributed by atoms with Crippen LogP contribution in [0.1, 0.15) is 12.8 Å². The second-order valence-corrected chi connectivity index (χ2v) is 3.04. The van der Waals surface area contributed by atoms with Crippen molar-refractivity contribution in [3.05, 3.63) is 42.9 Å². The number of fused-ring (bicyclic) bond motifs is 1. The van der Waals surface area contributed by atoms with Gasteiger partial charge in [0.1, 0.15) is 0 Å². The van der Waals surface area contributed by atoms with Gasteiger partial charge in [-0.05, 0) is 25.2 Å². The van der Waals surface area contributed by atoms with Crippen molar-refractivity contribution in [2.75, 3.05) is 0 Å². The topological polar surface area (TPSA) is 0 Å². The summed E-state index contributed by atoms with van der Waals surface area (Å²) in [6, 6.07) is 0. The Bertz CT molecular complexity index is 208. The fraction of sp³-hybridized carbons (Fsp3) is 0.364. The third kappa shape index (κ3) is 1.45. The first kappa shape index (κ1) is 6.90. The smallest absolute Gasteiger partial charge is 0.00184 e. The molecule has 0 heteroatoms. The molecule has 0 nitrogen and oxygen atoms in total. The molecule has 2 unspecified atom stereocenters. The van der Waals surface area contributed by atoms with Crippen LogP contribution in [0.15, 0.2) is 36.5 Å². The summed E-state index contributed by atoms with van der Waals surface area (Å²) in [5.74, 6) is 1.13. The monoisotopic (exact) mass is 144 g/mol. The van der Waals surface area contributed by atoms with Crippen molar-refractivity contribution in [2.24, 2.45) is 11.8 Å². The van der Waals surface area contributed by atoms with Gasteiger partial charge in [0.15, 0.2) is 0 Å². The molecule has 2 atom stereocenters. The molecule has 2 rings (SSSR count). The minimum Gasteiger partial charge on any atom is -0.0879 e. The molecule has 0 amide bonds. The maximum Gasteiger partial charge on any atom is 0.00184 e. The van der Waals surface area contributed by atoms with Gasteiger partial charge in [-0.25, -0.2) is 0 Å². The van der Waals surface area contributed by atoms with E-state index in [1.165, 1.54) is 0 Å². The lowest BCUT2D eigenvalue weighted by Gasteiger charge is -2.18. The molecule has 0 spiro atoms. The molecule has 0 aromatic heterocycles. The average molecular weight is 144 g/mol. The number of allylic oxidation sites excluding steroid dienone is 6. The zero-order valence-electron chi connectivity index (χ0n) is 6.53. The van der Waals surface area contributed by atoms with Crippen molar-refractivity contribution in [1.82, 2.24) is 0 Å². The fourth-order valence-electron chi connectivity index (χ4n) is 1.60. The highest BCUT2D eigenvalue weighted by atomic mass is 14.2. The first-order valence-electron chi connectivity index (χ1n) is 4.22. The van der Waals surface area contributed by atoms with Gasteiger partial charge >= 0.3 is 0 Å². The first-order valence-corrected chi connectivity index (χ1v) is 4.22. The van der Waals surface area contributed by atoms with Gasteiger partial charge in [0.25, 0.3) is 0 Å². The second kappa shape index (κ2) is 3.08. The molecule has 0 bridgehead atoms. The Balaban J connectivity index is 2.16. The summed E-state index contributed by atoms with van der Waals surface area (Å²) in [7, 11) is 0. The average Bonchev–Trinajstić information content (AvgIpc) is 2.28. The minimum atomic E-state index is 0.541. The largest absolute Gasteiger partial charge is 0.0879 e. The molecular weight excluding hydrogens is 132 g/mol. The third-order valence-electron chi connectivity index (χ3n) is 2.23. The van der Waals surface area contributed by atoms with E-state index in [0.717, 1.165) is 12.8 Å². The van der Waals surface area contributed by atoms with Crippen LogP contribution in [0, 0.1) is 18.3 Å². The van der Waals surface area contributed by atoms with Crippen molar-refractivity contribution in [3.63, 3.8) is 0 Å². The summed E-state index contributed by atoms with van der Waals surface area (Å²) in [5.41, 5.74) is 0. The van der Waals surface area contributed by atoms with Crippen LogP contribution in [0.25, 0.3) is 0 Å². The zero-order chi connectivity index (χ0) is 7.52. The van der Waals surface area contributed by atoms with Crippen LogP contribution in [0.2, 0.25) is 0 Å². The van der Waals surface area contributed by atoms with Gasteiger partial charge in [0, 0.05) is 5.92 Å². The van der Waals surface area contributed by atoms with Crippen LogP contribution >= 0.6 is 0 Å². The third-order valence-corrected chi connectivity index (χ3v) is 2.23.